The van der Waals surface area contributed by atoms with Crippen LogP contribution in [0.15, 0.2) is 42.5 Å². The number of fused-ring (bicyclic) bond motifs is 1. The minimum atomic E-state index is 0.437. The van der Waals surface area contributed by atoms with Crippen LogP contribution in [0.25, 0.3) is 10.8 Å². The van der Waals surface area contributed by atoms with Gasteiger partial charge in [0.15, 0.2) is 0 Å². The largest absolute Gasteiger partial charge is 0.491 e. The zero-order valence-electron chi connectivity index (χ0n) is 15.0. The summed E-state index contributed by atoms with van der Waals surface area (Å²) in [6, 6.07) is 15.7. The number of ether oxygens (including phenoxy) is 1. The SMILES string of the molecule is CC(C)NCC(COc1cccc2ccccc12)N1CCCCC1. The molecule has 2 aromatic carbocycles. The molecule has 130 valence electrons. The van der Waals surface area contributed by atoms with E-state index in [0.717, 1.165) is 18.9 Å². The number of likely N-dealkylation sites (tertiary alicyclic amines) is 1. The lowest BCUT2D eigenvalue weighted by molar-refractivity contribution is 0.112. The molecule has 1 aliphatic rings. The minimum absolute atomic E-state index is 0.437. The summed E-state index contributed by atoms with van der Waals surface area (Å²) in [4.78, 5) is 2.60. The third-order valence-corrected chi connectivity index (χ3v) is 4.85. The van der Waals surface area contributed by atoms with Gasteiger partial charge in [-0.15, -0.1) is 0 Å². The fourth-order valence-electron chi connectivity index (χ4n) is 3.46. The molecule has 0 amide bonds. The summed E-state index contributed by atoms with van der Waals surface area (Å²) in [6.45, 7) is 8.54. The number of nitrogens with one attached hydrogen (secondary N) is 1. The van der Waals surface area contributed by atoms with Crippen molar-refractivity contribution in [3.8, 4) is 5.75 Å². The maximum Gasteiger partial charge on any atom is 0.127 e. The smallest absolute Gasteiger partial charge is 0.127 e. The predicted molar refractivity (Wildman–Crippen MR) is 102 cm³/mol. The van der Waals surface area contributed by atoms with Gasteiger partial charge in [-0.2, -0.15) is 0 Å². The van der Waals surface area contributed by atoms with Crippen molar-refractivity contribution in [1.29, 1.82) is 0 Å². The number of rotatable bonds is 7. The van der Waals surface area contributed by atoms with Gasteiger partial charge in [0.25, 0.3) is 0 Å². The lowest BCUT2D eigenvalue weighted by Crippen LogP contribution is -2.49. The van der Waals surface area contributed by atoms with Gasteiger partial charge in [0.1, 0.15) is 12.4 Å². The third-order valence-electron chi connectivity index (χ3n) is 4.85. The first-order chi connectivity index (χ1) is 11.7. The van der Waals surface area contributed by atoms with Crippen LogP contribution >= 0.6 is 0 Å². The summed E-state index contributed by atoms with van der Waals surface area (Å²) in [5.41, 5.74) is 0. The monoisotopic (exact) mass is 326 g/mol. The molecule has 0 radical (unpaired) electrons. The summed E-state index contributed by atoms with van der Waals surface area (Å²) in [6.07, 6.45) is 3.99. The van der Waals surface area contributed by atoms with E-state index in [2.05, 4.69) is 66.5 Å². The Labute approximate surface area is 146 Å². The van der Waals surface area contributed by atoms with Crippen LogP contribution in [0.2, 0.25) is 0 Å². The molecule has 1 saturated heterocycles. The van der Waals surface area contributed by atoms with Gasteiger partial charge in [-0.3, -0.25) is 4.90 Å². The number of benzene rings is 2. The van der Waals surface area contributed by atoms with Gasteiger partial charge < -0.3 is 10.1 Å². The number of hydrogen-bond acceptors (Lipinski definition) is 3. The van der Waals surface area contributed by atoms with E-state index < -0.39 is 0 Å². The summed E-state index contributed by atoms with van der Waals surface area (Å²) in [5.74, 6) is 1.000. The molecule has 1 N–H and O–H groups in total. The molecule has 1 fully saturated rings. The van der Waals surface area contributed by atoms with Crippen molar-refractivity contribution in [2.45, 2.75) is 45.2 Å². The maximum atomic E-state index is 6.29. The highest BCUT2D eigenvalue weighted by Crippen LogP contribution is 2.25. The second-order valence-corrected chi connectivity index (χ2v) is 7.10. The van der Waals surface area contributed by atoms with Crippen molar-refractivity contribution in [1.82, 2.24) is 10.2 Å². The van der Waals surface area contributed by atoms with Crippen molar-refractivity contribution in [2.24, 2.45) is 0 Å². The topological polar surface area (TPSA) is 24.5 Å². The Bertz CT molecular complexity index is 629. The second-order valence-electron chi connectivity index (χ2n) is 7.10. The first-order valence-electron chi connectivity index (χ1n) is 9.32. The first-order valence-corrected chi connectivity index (χ1v) is 9.32. The zero-order chi connectivity index (χ0) is 16.8. The lowest BCUT2D eigenvalue weighted by atomic mass is 10.1. The average Bonchev–Trinajstić information content (AvgIpc) is 2.62. The van der Waals surface area contributed by atoms with Gasteiger partial charge in [-0.25, -0.2) is 0 Å². The minimum Gasteiger partial charge on any atom is -0.491 e. The van der Waals surface area contributed by atoms with Crippen LogP contribution in [0, 0.1) is 0 Å². The number of piperidine rings is 1. The molecule has 1 aliphatic heterocycles. The van der Waals surface area contributed by atoms with Crippen LogP contribution in [0.1, 0.15) is 33.1 Å². The fraction of sp³-hybridized carbons (Fsp3) is 0.524. The molecular formula is C21H30N2O. The molecule has 1 atom stereocenters. The molecule has 1 unspecified atom stereocenters. The predicted octanol–water partition coefficient (Wildman–Crippen LogP) is 4.07. The van der Waals surface area contributed by atoms with E-state index in [9.17, 15) is 0 Å². The second kappa shape index (κ2) is 8.50. The molecule has 1 heterocycles. The summed E-state index contributed by atoms with van der Waals surface area (Å²) >= 11 is 0. The molecule has 0 aromatic heterocycles. The standard InChI is InChI=1S/C21H30N2O/c1-17(2)22-15-19(23-13-6-3-7-14-23)16-24-21-12-8-10-18-9-4-5-11-20(18)21/h4-5,8-12,17,19,22H,3,6-7,13-16H2,1-2H3. The lowest BCUT2D eigenvalue weighted by Gasteiger charge is -2.35. The van der Waals surface area contributed by atoms with Crippen LogP contribution < -0.4 is 10.1 Å². The van der Waals surface area contributed by atoms with Gasteiger partial charge in [0, 0.05) is 18.0 Å². The van der Waals surface area contributed by atoms with Crippen LogP contribution in [0.4, 0.5) is 0 Å². The molecule has 0 saturated carbocycles. The fourth-order valence-corrected chi connectivity index (χ4v) is 3.46. The Morgan fingerprint density at radius 1 is 1.00 bits per heavy atom. The van der Waals surface area contributed by atoms with E-state index in [4.69, 9.17) is 4.74 Å². The zero-order valence-corrected chi connectivity index (χ0v) is 15.0. The maximum absolute atomic E-state index is 6.29. The highest BCUT2D eigenvalue weighted by molar-refractivity contribution is 5.88. The molecule has 0 spiro atoms. The van der Waals surface area contributed by atoms with Crippen LogP contribution in [-0.2, 0) is 0 Å². The quantitative estimate of drug-likeness (QED) is 0.830. The van der Waals surface area contributed by atoms with Gasteiger partial charge in [0.2, 0.25) is 0 Å². The molecular weight excluding hydrogens is 296 g/mol. The Balaban J connectivity index is 1.69. The van der Waals surface area contributed by atoms with E-state index in [0.29, 0.717) is 12.1 Å². The van der Waals surface area contributed by atoms with E-state index in [1.807, 2.05) is 0 Å². The van der Waals surface area contributed by atoms with Gasteiger partial charge in [-0.05, 0) is 37.4 Å². The van der Waals surface area contributed by atoms with E-state index >= 15 is 0 Å². The van der Waals surface area contributed by atoms with Gasteiger partial charge in [0.05, 0.1) is 6.04 Å². The highest BCUT2D eigenvalue weighted by atomic mass is 16.5. The van der Waals surface area contributed by atoms with Crippen molar-refractivity contribution in [2.75, 3.05) is 26.2 Å². The average molecular weight is 326 g/mol. The summed E-state index contributed by atoms with van der Waals surface area (Å²) in [5, 5.41) is 6.04. The molecule has 24 heavy (non-hydrogen) atoms. The first kappa shape index (κ1) is 17.2. The van der Waals surface area contributed by atoms with E-state index in [1.165, 1.54) is 43.1 Å². The number of nitrogens with zero attached hydrogens (tertiary/aromatic N) is 1. The van der Waals surface area contributed by atoms with Crippen LogP contribution in [-0.4, -0.2) is 43.2 Å². The van der Waals surface area contributed by atoms with E-state index in [1.54, 1.807) is 0 Å². The Hall–Kier alpha value is -1.58. The van der Waals surface area contributed by atoms with Crippen molar-refractivity contribution >= 4 is 10.8 Å². The Morgan fingerprint density at radius 3 is 2.54 bits per heavy atom. The normalized spacial score (nSPS) is 17.3. The molecule has 2 aromatic rings. The van der Waals surface area contributed by atoms with Crippen molar-refractivity contribution in [3.05, 3.63) is 42.5 Å². The summed E-state index contributed by atoms with van der Waals surface area (Å²) in [7, 11) is 0. The van der Waals surface area contributed by atoms with Gasteiger partial charge in [-0.1, -0.05) is 56.7 Å². The van der Waals surface area contributed by atoms with Crippen LogP contribution in [0.5, 0.6) is 5.75 Å². The third kappa shape index (κ3) is 4.49. The Morgan fingerprint density at radius 2 is 1.75 bits per heavy atom. The highest BCUT2D eigenvalue weighted by Gasteiger charge is 2.21. The molecule has 3 rings (SSSR count). The molecule has 0 bridgehead atoms. The molecule has 0 aliphatic carbocycles. The van der Waals surface area contributed by atoms with Crippen molar-refractivity contribution in [3.63, 3.8) is 0 Å². The number of hydrogen-bond donors (Lipinski definition) is 1. The van der Waals surface area contributed by atoms with Crippen LogP contribution in [0.3, 0.4) is 0 Å². The van der Waals surface area contributed by atoms with E-state index in [-0.39, 0.29) is 0 Å². The van der Waals surface area contributed by atoms with Crippen molar-refractivity contribution < 1.29 is 4.74 Å². The molecule has 3 heteroatoms. The Kier molecular flexibility index (Phi) is 6.11. The molecule has 3 nitrogen and oxygen atoms in total. The summed E-state index contributed by atoms with van der Waals surface area (Å²) < 4.78 is 6.29. The van der Waals surface area contributed by atoms with Gasteiger partial charge >= 0.3 is 0 Å².